The minimum atomic E-state index is 0. The molecule has 6 nitrogen and oxygen atoms in total. The van der Waals surface area contributed by atoms with Crippen LogP contribution < -0.4 is 10.6 Å². The highest BCUT2D eigenvalue weighted by molar-refractivity contribution is 14.0. The molecule has 0 aromatic rings. The van der Waals surface area contributed by atoms with Gasteiger partial charge in [0.15, 0.2) is 5.96 Å². The van der Waals surface area contributed by atoms with E-state index in [2.05, 4.69) is 41.3 Å². The quantitative estimate of drug-likeness (QED) is 0.300. The van der Waals surface area contributed by atoms with Crippen LogP contribution in [0.5, 0.6) is 0 Å². The molecule has 1 saturated carbocycles. The van der Waals surface area contributed by atoms with Gasteiger partial charge in [-0.2, -0.15) is 0 Å². The molecule has 2 N–H and O–H groups in total. The van der Waals surface area contributed by atoms with Crippen LogP contribution in [-0.4, -0.2) is 88.4 Å². The molecule has 2 fully saturated rings. The van der Waals surface area contributed by atoms with E-state index in [-0.39, 0.29) is 24.0 Å². The van der Waals surface area contributed by atoms with Crippen LogP contribution in [0.15, 0.2) is 4.99 Å². The molecule has 26 heavy (non-hydrogen) atoms. The molecular formula is C19H40IN5O. The van der Waals surface area contributed by atoms with Crippen molar-refractivity contribution in [3.05, 3.63) is 0 Å². The highest BCUT2D eigenvalue weighted by Gasteiger charge is 2.36. The molecule has 1 unspecified atom stereocenters. The van der Waals surface area contributed by atoms with Crippen molar-refractivity contribution in [3.8, 4) is 0 Å². The zero-order valence-electron chi connectivity index (χ0n) is 17.2. The molecule has 1 atom stereocenters. The number of rotatable bonds is 9. The zero-order chi connectivity index (χ0) is 18.1. The lowest BCUT2D eigenvalue weighted by atomic mass is 9.67. The molecule has 1 heterocycles. The maximum absolute atomic E-state index is 5.29. The molecule has 0 aromatic heterocycles. The van der Waals surface area contributed by atoms with Gasteiger partial charge in [0, 0.05) is 65.6 Å². The molecule has 0 aromatic carbocycles. The monoisotopic (exact) mass is 481 g/mol. The first-order valence-electron chi connectivity index (χ1n) is 10.0. The third-order valence-electron chi connectivity index (χ3n) is 5.89. The van der Waals surface area contributed by atoms with E-state index in [1.165, 1.54) is 32.4 Å². The van der Waals surface area contributed by atoms with Gasteiger partial charge in [0.1, 0.15) is 0 Å². The smallest absolute Gasteiger partial charge is 0.191 e. The summed E-state index contributed by atoms with van der Waals surface area (Å²) >= 11 is 0. The first-order chi connectivity index (χ1) is 12.1. The fourth-order valence-electron chi connectivity index (χ4n) is 3.71. The van der Waals surface area contributed by atoms with Gasteiger partial charge in [0.05, 0.1) is 0 Å². The van der Waals surface area contributed by atoms with Crippen LogP contribution in [0.1, 0.15) is 39.5 Å². The number of methoxy groups -OCH3 is 1. The molecule has 0 radical (unpaired) electrons. The average Bonchev–Trinajstić information content (AvgIpc) is 2.58. The van der Waals surface area contributed by atoms with Crippen LogP contribution in [0.25, 0.3) is 0 Å². The molecule has 1 saturated heterocycles. The first-order valence-corrected chi connectivity index (χ1v) is 10.0. The van der Waals surface area contributed by atoms with Gasteiger partial charge in [0.25, 0.3) is 0 Å². The van der Waals surface area contributed by atoms with Gasteiger partial charge >= 0.3 is 0 Å². The Morgan fingerprint density at radius 3 is 2.42 bits per heavy atom. The first kappa shape index (κ1) is 23.9. The zero-order valence-corrected chi connectivity index (χ0v) is 19.6. The van der Waals surface area contributed by atoms with E-state index in [0.29, 0.717) is 11.5 Å². The van der Waals surface area contributed by atoms with E-state index in [0.717, 1.165) is 51.7 Å². The van der Waals surface area contributed by atoms with Crippen LogP contribution in [-0.2, 0) is 4.74 Å². The number of hydrogen-bond donors (Lipinski definition) is 2. The third kappa shape index (κ3) is 7.48. The maximum Gasteiger partial charge on any atom is 0.191 e. The summed E-state index contributed by atoms with van der Waals surface area (Å²) < 4.78 is 5.29. The Hall–Kier alpha value is -0.120. The molecule has 0 spiro atoms. The van der Waals surface area contributed by atoms with Crippen molar-refractivity contribution in [3.63, 3.8) is 0 Å². The molecule has 0 amide bonds. The molecule has 0 bridgehead atoms. The van der Waals surface area contributed by atoms with Crippen LogP contribution in [0.2, 0.25) is 0 Å². The van der Waals surface area contributed by atoms with Crippen molar-refractivity contribution < 1.29 is 4.74 Å². The van der Waals surface area contributed by atoms with Crippen LogP contribution in [0.3, 0.4) is 0 Å². The Kier molecular flexibility index (Phi) is 11.4. The molecule has 2 rings (SSSR count). The summed E-state index contributed by atoms with van der Waals surface area (Å²) in [7, 11) is 4.00. The summed E-state index contributed by atoms with van der Waals surface area (Å²) in [6, 6.07) is 0.531. The lowest BCUT2D eigenvalue weighted by molar-refractivity contribution is 0.0778. The van der Waals surface area contributed by atoms with Gasteiger partial charge in [-0.3, -0.25) is 9.89 Å². The number of piperazine rings is 1. The van der Waals surface area contributed by atoms with E-state index >= 15 is 0 Å². The number of nitrogens with zero attached hydrogens (tertiary/aromatic N) is 3. The van der Waals surface area contributed by atoms with E-state index < -0.39 is 0 Å². The van der Waals surface area contributed by atoms with E-state index in [1.807, 2.05) is 0 Å². The summed E-state index contributed by atoms with van der Waals surface area (Å²) in [6.45, 7) is 12.7. The standard InChI is InChI=1S/C19H39N5O.HI/c1-5-20-18(22-16-19(7-6-8-19)9-14-25-4)21-15-17(2)24-12-10-23(3)11-13-24;/h17H,5-16H2,1-4H3,(H2,20,21,22);1H. The lowest BCUT2D eigenvalue weighted by Crippen LogP contribution is -2.52. The fraction of sp³-hybridized carbons (Fsp3) is 0.947. The normalized spacial score (nSPS) is 22.2. The second-order valence-electron chi connectivity index (χ2n) is 7.86. The van der Waals surface area contributed by atoms with Gasteiger partial charge in [-0.25, -0.2) is 0 Å². The Balaban J connectivity index is 0.00000338. The molecule has 1 aliphatic heterocycles. The molecule has 7 heteroatoms. The number of ether oxygens (including phenoxy) is 1. The van der Waals surface area contributed by atoms with Crippen molar-refractivity contribution in [2.75, 3.05) is 66.6 Å². The highest BCUT2D eigenvalue weighted by atomic mass is 127. The molecule has 2 aliphatic rings. The Morgan fingerprint density at radius 1 is 1.19 bits per heavy atom. The minimum Gasteiger partial charge on any atom is -0.385 e. The number of guanidine groups is 1. The van der Waals surface area contributed by atoms with Crippen molar-refractivity contribution >= 4 is 29.9 Å². The van der Waals surface area contributed by atoms with Crippen LogP contribution >= 0.6 is 24.0 Å². The summed E-state index contributed by atoms with van der Waals surface area (Å²) in [5.41, 5.74) is 0.376. The lowest BCUT2D eigenvalue weighted by Gasteiger charge is -2.41. The number of hydrogen-bond acceptors (Lipinski definition) is 4. The van der Waals surface area contributed by atoms with Gasteiger partial charge in [-0.1, -0.05) is 6.42 Å². The van der Waals surface area contributed by atoms with Crippen molar-refractivity contribution in [1.82, 2.24) is 20.4 Å². The van der Waals surface area contributed by atoms with E-state index in [4.69, 9.17) is 9.73 Å². The topological polar surface area (TPSA) is 52.1 Å². The summed E-state index contributed by atoms with van der Waals surface area (Å²) in [5, 5.41) is 6.96. The molecule has 154 valence electrons. The van der Waals surface area contributed by atoms with E-state index in [1.54, 1.807) is 7.11 Å². The Bertz CT molecular complexity index is 409. The molecule has 1 aliphatic carbocycles. The summed E-state index contributed by atoms with van der Waals surface area (Å²) in [5.74, 6) is 0.965. The van der Waals surface area contributed by atoms with E-state index in [9.17, 15) is 0 Å². The SMILES string of the molecule is CCNC(=NCC1(CCOC)CCC1)NCC(C)N1CCN(C)CC1.I. The van der Waals surface area contributed by atoms with Gasteiger partial charge in [-0.05, 0) is 45.6 Å². The number of halogens is 1. The average molecular weight is 481 g/mol. The second kappa shape index (κ2) is 12.4. The van der Waals surface area contributed by atoms with Crippen molar-refractivity contribution in [1.29, 1.82) is 0 Å². The molecular weight excluding hydrogens is 441 g/mol. The number of aliphatic imine (C=N–C) groups is 1. The summed E-state index contributed by atoms with van der Waals surface area (Å²) in [6.07, 6.45) is 5.04. The predicted molar refractivity (Wildman–Crippen MR) is 121 cm³/mol. The largest absolute Gasteiger partial charge is 0.385 e. The second-order valence-corrected chi connectivity index (χ2v) is 7.86. The third-order valence-corrected chi connectivity index (χ3v) is 5.89. The highest BCUT2D eigenvalue weighted by Crippen LogP contribution is 2.44. The fourth-order valence-corrected chi connectivity index (χ4v) is 3.71. The Morgan fingerprint density at radius 2 is 1.88 bits per heavy atom. The van der Waals surface area contributed by atoms with Gasteiger partial charge < -0.3 is 20.3 Å². The number of likely N-dealkylation sites (N-methyl/N-ethyl adjacent to an activating group) is 1. The van der Waals surface area contributed by atoms with Crippen molar-refractivity contribution in [2.45, 2.75) is 45.6 Å². The maximum atomic E-state index is 5.29. The predicted octanol–water partition coefficient (Wildman–Crippen LogP) is 2.00. The Labute approximate surface area is 177 Å². The van der Waals surface area contributed by atoms with Crippen molar-refractivity contribution in [2.24, 2.45) is 10.4 Å². The van der Waals surface area contributed by atoms with Crippen LogP contribution in [0.4, 0.5) is 0 Å². The number of nitrogens with one attached hydrogen (secondary N) is 2. The van der Waals surface area contributed by atoms with Crippen LogP contribution in [0, 0.1) is 5.41 Å². The van der Waals surface area contributed by atoms with Gasteiger partial charge in [0.2, 0.25) is 0 Å². The summed E-state index contributed by atoms with van der Waals surface area (Å²) in [4.78, 5) is 9.88. The minimum absolute atomic E-state index is 0. The van der Waals surface area contributed by atoms with Gasteiger partial charge in [-0.15, -0.1) is 24.0 Å².